The molecule has 0 spiro atoms. The van der Waals surface area contributed by atoms with Gasteiger partial charge in [-0.1, -0.05) is 36.4 Å². The molecule has 0 radical (unpaired) electrons. The van der Waals surface area contributed by atoms with Gasteiger partial charge >= 0.3 is 51.9 Å². The van der Waals surface area contributed by atoms with Crippen molar-refractivity contribution in [1.29, 1.82) is 0 Å². The smallest absolute Gasteiger partial charge is 0.421 e. The first-order chi connectivity index (χ1) is 20.5. The molecule has 0 heterocycles. The second-order valence-corrected chi connectivity index (χ2v) is 14.0. The number of nitrogens with zero attached hydrogens (tertiary/aromatic N) is 1. The van der Waals surface area contributed by atoms with Crippen LogP contribution in [-0.4, -0.2) is 27.9 Å². The first-order valence-corrected chi connectivity index (χ1v) is 15.4. The van der Waals surface area contributed by atoms with Crippen LogP contribution in [0.1, 0.15) is 16.7 Å². The standard InChI is InChI=1S/C21H12F9P.C2F6NO4S2.Au/c22-19(23,24)13-1-7-16(8-2-13)31(17-9-3-14(4-10-17)20(25,26)27)18-11-5-15(6-12-18)21(28,29)30;3-1(4,5)14(10,11)9-15(12,13)2(6,7)8;/h1-12H;;/q;-1;+1. The van der Waals surface area contributed by atoms with Crippen LogP contribution in [0.15, 0.2) is 72.8 Å². The van der Waals surface area contributed by atoms with Crippen molar-refractivity contribution in [3.05, 3.63) is 93.6 Å². The minimum absolute atomic E-state index is 0. The number of benzene rings is 3. The maximum Gasteiger partial charge on any atom is 1.00 e. The molecule has 24 heteroatoms. The zero-order valence-corrected chi connectivity index (χ0v) is 26.4. The number of sulfonamides is 2. The van der Waals surface area contributed by atoms with E-state index in [0.29, 0.717) is 15.9 Å². The SMILES string of the molecule is FC(F)(F)c1ccc(P(c2ccc(C(F)(F)F)cc2)c2ccc(C(F)(F)F)cc2)cc1.O=S(=O)([N-]S(=O)(=O)C(F)(F)F)C(F)(F)F.[Au+]. The molecule has 0 bridgehead atoms. The zero-order valence-electron chi connectivity index (χ0n) is 21.7. The van der Waals surface area contributed by atoms with Crippen molar-refractivity contribution >= 4 is 43.9 Å². The van der Waals surface area contributed by atoms with E-state index in [1.165, 1.54) is 36.4 Å². The van der Waals surface area contributed by atoms with E-state index in [2.05, 4.69) is 0 Å². The van der Waals surface area contributed by atoms with Gasteiger partial charge in [0.25, 0.3) is 0 Å². The molecule has 266 valence electrons. The minimum Gasteiger partial charge on any atom is -0.421 e. The van der Waals surface area contributed by atoms with Crippen molar-refractivity contribution in [3.8, 4) is 0 Å². The molecule has 3 aromatic carbocycles. The Morgan fingerprint density at radius 1 is 0.404 bits per heavy atom. The molecule has 0 aromatic heterocycles. The van der Waals surface area contributed by atoms with Crippen molar-refractivity contribution in [2.24, 2.45) is 0 Å². The Morgan fingerprint density at radius 2 is 0.596 bits per heavy atom. The van der Waals surface area contributed by atoms with Crippen molar-refractivity contribution in [2.45, 2.75) is 29.5 Å². The minimum atomic E-state index is -6.72. The van der Waals surface area contributed by atoms with Crippen molar-refractivity contribution in [3.63, 3.8) is 0 Å². The van der Waals surface area contributed by atoms with Crippen LogP contribution < -0.4 is 15.9 Å². The summed E-state index contributed by atoms with van der Waals surface area (Å²) in [5, 5.41) is 1.05. The third-order valence-electron chi connectivity index (χ3n) is 5.14. The number of halogens is 15. The topological polar surface area (TPSA) is 82.4 Å². The van der Waals surface area contributed by atoms with Gasteiger partial charge in [-0.2, -0.15) is 65.9 Å². The number of hydrogen-bond acceptors (Lipinski definition) is 4. The van der Waals surface area contributed by atoms with Crippen LogP contribution in [-0.2, 0) is 61.0 Å². The van der Waals surface area contributed by atoms with Crippen LogP contribution in [0.2, 0.25) is 0 Å². The van der Waals surface area contributed by atoms with E-state index in [1.54, 1.807) is 0 Å². The number of alkyl halides is 15. The summed E-state index contributed by atoms with van der Waals surface area (Å²) >= 11 is 0. The van der Waals surface area contributed by atoms with Crippen LogP contribution in [0.4, 0.5) is 65.9 Å². The summed E-state index contributed by atoms with van der Waals surface area (Å²) in [6, 6.07) is 12.1. The van der Waals surface area contributed by atoms with E-state index < -0.39 is 74.2 Å². The van der Waals surface area contributed by atoms with E-state index in [1.807, 2.05) is 0 Å². The Labute approximate surface area is 271 Å². The fourth-order valence-electron chi connectivity index (χ4n) is 3.06. The van der Waals surface area contributed by atoms with Crippen molar-refractivity contribution in [2.75, 3.05) is 0 Å². The van der Waals surface area contributed by atoms with Crippen LogP contribution in [0.5, 0.6) is 0 Å². The summed E-state index contributed by atoms with van der Waals surface area (Å²) in [5.74, 6) is 0. The molecule has 5 nitrogen and oxygen atoms in total. The third kappa shape index (κ3) is 11.4. The summed E-state index contributed by atoms with van der Waals surface area (Å²) in [7, 11) is -15.1. The quantitative estimate of drug-likeness (QED) is 0.150. The van der Waals surface area contributed by atoms with Gasteiger partial charge in [-0.3, -0.25) is 0 Å². The van der Waals surface area contributed by atoms with Gasteiger partial charge in [0, 0.05) is 0 Å². The monoisotopic (exact) mass is 943 g/mol. The van der Waals surface area contributed by atoms with Crippen LogP contribution in [0, 0.1) is 0 Å². The van der Waals surface area contributed by atoms with Gasteiger partial charge in [-0.05, 0) is 60.2 Å². The van der Waals surface area contributed by atoms with Gasteiger partial charge in [0.05, 0.1) is 16.7 Å². The van der Waals surface area contributed by atoms with Gasteiger partial charge in [0.1, 0.15) is 0 Å². The third-order valence-corrected chi connectivity index (χ3v) is 10.3. The van der Waals surface area contributed by atoms with Crippen LogP contribution in [0.25, 0.3) is 4.13 Å². The Kier molecular flexibility index (Phi) is 13.3. The molecule has 0 aliphatic carbocycles. The summed E-state index contributed by atoms with van der Waals surface area (Å²) in [6.45, 7) is 0. The molecule has 0 unspecified atom stereocenters. The van der Waals surface area contributed by atoms with E-state index in [9.17, 15) is 82.7 Å². The van der Waals surface area contributed by atoms with Gasteiger partial charge in [-0.25, -0.2) is 16.8 Å². The average Bonchev–Trinajstić information content (AvgIpc) is 2.87. The molecule has 3 rings (SSSR count). The maximum atomic E-state index is 12.9. The Morgan fingerprint density at radius 3 is 0.745 bits per heavy atom. The predicted molar refractivity (Wildman–Crippen MR) is 133 cm³/mol. The molecule has 3 aromatic rings. The Balaban J connectivity index is 0.000000587. The molecule has 0 saturated heterocycles. The molecule has 0 aliphatic rings. The molecule has 0 fully saturated rings. The van der Waals surface area contributed by atoms with E-state index >= 15 is 0 Å². The Hall–Kier alpha value is -2.36. The number of rotatable bonds is 5. The summed E-state index contributed by atoms with van der Waals surface area (Å²) < 4.78 is 225. The average molecular weight is 943 g/mol. The number of hydrogen-bond donors (Lipinski definition) is 0. The van der Waals surface area contributed by atoms with Crippen LogP contribution >= 0.6 is 7.92 Å². The second-order valence-electron chi connectivity index (χ2n) is 8.39. The normalized spacial score (nSPS) is 13.4. The second kappa shape index (κ2) is 14.6. The summed E-state index contributed by atoms with van der Waals surface area (Å²) in [5.41, 5.74) is -15.1. The first-order valence-electron chi connectivity index (χ1n) is 11.2. The molecule has 0 amide bonds. The zero-order chi connectivity index (χ0) is 35.7. The molecular formula is C23H12AuF15NO4PS2. The van der Waals surface area contributed by atoms with Gasteiger partial charge in [0.15, 0.2) is 20.0 Å². The van der Waals surface area contributed by atoms with Crippen molar-refractivity contribution < 1.29 is 105 Å². The van der Waals surface area contributed by atoms with E-state index in [-0.39, 0.29) is 22.4 Å². The van der Waals surface area contributed by atoms with Gasteiger partial charge in [-0.15, -0.1) is 0 Å². The van der Waals surface area contributed by atoms with Gasteiger partial charge in [0.2, 0.25) is 0 Å². The largest absolute Gasteiger partial charge is 1.00 e. The maximum absolute atomic E-state index is 12.9. The molecule has 0 saturated carbocycles. The molecule has 47 heavy (non-hydrogen) atoms. The molecule has 0 aliphatic heterocycles. The van der Waals surface area contributed by atoms with Crippen LogP contribution in [0.3, 0.4) is 0 Å². The molecular weight excluding hydrogens is 931 g/mol. The predicted octanol–water partition coefficient (Wildman–Crippen LogP) is 7.56. The first kappa shape index (κ1) is 42.7. The van der Waals surface area contributed by atoms with Crippen molar-refractivity contribution in [1.82, 2.24) is 0 Å². The van der Waals surface area contributed by atoms with E-state index in [4.69, 9.17) is 0 Å². The fourth-order valence-corrected chi connectivity index (χ4v) is 7.01. The van der Waals surface area contributed by atoms with E-state index in [0.717, 1.165) is 40.5 Å². The molecule has 0 N–H and O–H groups in total. The summed E-state index contributed by atoms with van der Waals surface area (Å²) in [6.07, 6.45) is -13.7. The van der Waals surface area contributed by atoms with Gasteiger partial charge < -0.3 is 4.13 Å². The molecule has 0 atom stereocenters. The summed E-state index contributed by atoms with van der Waals surface area (Å²) in [4.78, 5) is 0. The fraction of sp³-hybridized carbons (Fsp3) is 0.217. The Bertz CT molecular complexity index is 1520.